The number of sulfonamides is 1. The second kappa shape index (κ2) is 15.2. The maximum absolute atomic E-state index is 13.4. The van der Waals surface area contributed by atoms with E-state index >= 15 is 0 Å². The quantitative estimate of drug-likeness (QED) is 0.318. The highest BCUT2D eigenvalue weighted by molar-refractivity contribution is 7.90. The molecule has 3 aliphatic heterocycles. The van der Waals surface area contributed by atoms with Crippen molar-refractivity contribution in [2.24, 2.45) is 23.7 Å². The number of nitrogens with zero attached hydrogens (tertiary/aromatic N) is 1. The van der Waals surface area contributed by atoms with Crippen molar-refractivity contribution in [3.05, 3.63) is 58.1 Å². The molecular formula is C36H49Cl2N3O6S. The van der Waals surface area contributed by atoms with Gasteiger partial charge in [0.25, 0.3) is 5.91 Å². The molecule has 1 saturated heterocycles. The Morgan fingerprint density at radius 1 is 1.04 bits per heavy atom. The van der Waals surface area contributed by atoms with Crippen LogP contribution in [-0.4, -0.2) is 63.4 Å². The molecule has 2 aromatic rings. The molecule has 1 amide bonds. The summed E-state index contributed by atoms with van der Waals surface area (Å²) in [6.45, 7) is 7.72. The Balaban J connectivity index is 0.000000840. The van der Waals surface area contributed by atoms with E-state index in [9.17, 15) is 23.1 Å². The average molecular weight is 723 g/mol. The standard InChI is InChI=1S/C33H41ClN2O6S.C3H7N.ClH/c1-20-5-3-7-27(32(38)39)26-11-8-24(26)17-36-18-33(14-4-6-22-15-25(34)10-12-28(22)33)19-42-30-13-9-23(16-29(30)36)31(37)35-43(40,41)21(20)2;1-2-4-3-1;/h9-10,12-13,15-16,20-21,24,26-27H,3-8,11,14,17-19H2,1-2H3,(H,35,37)(H,38,39);4H,1-3H2;1H/t20-,21+,24-,26+,27+,33-;;/m0../s1. The number of aryl methyl sites for hydroxylation is 1. The van der Waals surface area contributed by atoms with Gasteiger partial charge in [-0.2, -0.15) is 0 Å². The summed E-state index contributed by atoms with van der Waals surface area (Å²) in [6.07, 6.45) is 7.80. The smallest absolute Gasteiger partial charge is 0.306 e. The summed E-state index contributed by atoms with van der Waals surface area (Å²) < 4.78 is 35.3. The number of amides is 1. The normalized spacial score (nSPS) is 30.9. The fourth-order valence-corrected chi connectivity index (χ4v) is 9.57. The largest absolute Gasteiger partial charge is 0.490 e. The van der Waals surface area contributed by atoms with Gasteiger partial charge in [0, 0.05) is 29.1 Å². The highest BCUT2D eigenvalue weighted by atomic mass is 35.5. The van der Waals surface area contributed by atoms with Crippen LogP contribution in [0.2, 0.25) is 5.02 Å². The predicted octanol–water partition coefficient (Wildman–Crippen LogP) is 6.21. The lowest BCUT2D eigenvalue weighted by Crippen LogP contribution is -2.49. The number of carbonyl (C=O) groups is 2. The van der Waals surface area contributed by atoms with Gasteiger partial charge in [0.15, 0.2) is 0 Å². The number of nitrogens with one attached hydrogen (secondary N) is 2. The minimum Gasteiger partial charge on any atom is -0.490 e. The number of ether oxygens (including phenoxy) is 1. The molecule has 12 heteroatoms. The lowest BCUT2D eigenvalue weighted by atomic mass is 9.65. The van der Waals surface area contributed by atoms with Crippen LogP contribution in [0.25, 0.3) is 0 Å². The molecule has 264 valence electrons. The minimum absolute atomic E-state index is 0. The first-order valence-corrected chi connectivity index (χ1v) is 19.2. The van der Waals surface area contributed by atoms with Gasteiger partial charge in [-0.1, -0.05) is 31.0 Å². The number of hydrogen-bond acceptors (Lipinski definition) is 7. The van der Waals surface area contributed by atoms with Crippen LogP contribution in [0.1, 0.15) is 86.7 Å². The van der Waals surface area contributed by atoms with Crippen molar-refractivity contribution in [3.8, 4) is 5.75 Å². The lowest BCUT2D eigenvalue weighted by molar-refractivity contribution is -0.146. The molecule has 2 aromatic carbocycles. The van der Waals surface area contributed by atoms with Gasteiger partial charge >= 0.3 is 5.97 Å². The Morgan fingerprint density at radius 2 is 1.79 bits per heavy atom. The van der Waals surface area contributed by atoms with E-state index in [0.29, 0.717) is 49.7 Å². The van der Waals surface area contributed by atoms with E-state index in [4.69, 9.17) is 16.3 Å². The first-order valence-electron chi connectivity index (χ1n) is 17.3. The minimum atomic E-state index is -3.95. The van der Waals surface area contributed by atoms with E-state index in [0.717, 1.165) is 37.8 Å². The Morgan fingerprint density at radius 3 is 2.46 bits per heavy atom. The lowest BCUT2D eigenvalue weighted by Gasteiger charge is -2.46. The van der Waals surface area contributed by atoms with Gasteiger partial charge in [0.2, 0.25) is 10.0 Å². The zero-order chi connectivity index (χ0) is 33.3. The number of halogens is 2. The number of benzene rings is 2. The van der Waals surface area contributed by atoms with Crippen LogP contribution in [0.4, 0.5) is 5.69 Å². The fraction of sp³-hybridized carbons (Fsp3) is 0.611. The summed E-state index contributed by atoms with van der Waals surface area (Å²) in [5.41, 5.74) is 3.14. The highest BCUT2D eigenvalue weighted by Gasteiger charge is 2.45. The molecule has 2 fully saturated rings. The topological polar surface area (TPSA) is 125 Å². The predicted molar refractivity (Wildman–Crippen MR) is 191 cm³/mol. The number of rotatable bonds is 1. The third-order valence-electron chi connectivity index (χ3n) is 11.5. The molecular weight excluding hydrogens is 673 g/mol. The third kappa shape index (κ3) is 7.62. The first-order chi connectivity index (χ1) is 22.5. The average Bonchev–Trinajstić information content (AvgIpc) is 3.13. The fourth-order valence-electron chi connectivity index (χ4n) is 8.07. The van der Waals surface area contributed by atoms with E-state index < -0.39 is 33.1 Å². The van der Waals surface area contributed by atoms with Crippen molar-refractivity contribution in [2.75, 3.05) is 37.7 Å². The third-order valence-corrected chi connectivity index (χ3v) is 13.6. The molecule has 1 spiro atoms. The summed E-state index contributed by atoms with van der Waals surface area (Å²) in [7, 11) is -3.95. The second-order valence-corrected chi connectivity index (χ2v) is 16.9. The van der Waals surface area contributed by atoms with Crippen LogP contribution in [0.5, 0.6) is 5.75 Å². The number of anilines is 1. The molecule has 5 aliphatic rings. The van der Waals surface area contributed by atoms with E-state index in [1.165, 1.54) is 30.6 Å². The van der Waals surface area contributed by atoms with Crippen LogP contribution in [0.15, 0.2) is 36.4 Å². The zero-order valence-electron chi connectivity index (χ0n) is 27.9. The molecule has 2 bridgehead atoms. The van der Waals surface area contributed by atoms with Crippen molar-refractivity contribution in [3.63, 3.8) is 0 Å². The van der Waals surface area contributed by atoms with Crippen LogP contribution in [0, 0.1) is 23.7 Å². The number of fused-ring (bicyclic) bond motifs is 4. The van der Waals surface area contributed by atoms with Crippen molar-refractivity contribution < 1.29 is 27.9 Å². The van der Waals surface area contributed by atoms with Crippen LogP contribution in [-0.2, 0) is 26.7 Å². The Labute approximate surface area is 296 Å². The molecule has 0 unspecified atom stereocenters. The maximum Gasteiger partial charge on any atom is 0.306 e. The Hall–Kier alpha value is -2.53. The first kappa shape index (κ1) is 36.7. The molecule has 0 aromatic heterocycles. The number of hydrogen-bond donors (Lipinski definition) is 3. The molecule has 2 aliphatic carbocycles. The monoisotopic (exact) mass is 721 g/mol. The number of aliphatic carboxylic acids is 1. The molecule has 0 radical (unpaired) electrons. The van der Waals surface area contributed by atoms with Gasteiger partial charge in [-0.15, -0.1) is 12.4 Å². The van der Waals surface area contributed by atoms with Crippen molar-refractivity contribution in [1.82, 2.24) is 10.0 Å². The molecule has 48 heavy (non-hydrogen) atoms. The molecule has 9 nitrogen and oxygen atoms in total. The van der Waals surface area contributed by atoms with Gasteiger partial charge in [-0.05, 0) is 131 Å². The van der Waals surface area contributed by atoms with Crippen molar-refractivity contribution >= 4 is 51.6 Å². The summed E-state index contributed by atoms with van der Waals surface area (Å²) in [5.74, 6) is -1.23. The van der Waals surface area contributed by atoms with E-state index in [1.54, 1.807) is 25.1 Å². The highest BCUT2D eigenvalue weighted by Crippen LogP contribution is 2.48. The number of carboxylic acid groups (broad SMARTS) is 1. The zero-order valence-corrected chi connectivity index (χ0v) is 30.3. The number of carbonyl (C=O) groups excluding carboxylic acids is 1. The SMILES string of the molecule is C1CNC1.C[C@@H]1[C@@H](C)CCC[C@@H](C(=O)O)[C@@H]2CC[C@H]2CN2C[C@@]3(CCCc4cc(Cl)ccc43)COc3ccc(cc32)C(=O)NS1(=O)=O.Cl. The van der Waals surface area contributed by atoms with Crippen molar-refractivity contribution in [1.29, 1.82) is 0 Å². The van der Waals surface area contributed by atoms with E-state index in [2.05, 4.69) is 21.0 Å². The number of carboxylic acids is 1. The van der Waals surface area contributed by atoms with Gasteiger partial charge in [0.1, 0.15) is 5.75 Å². The maximum atomic E-state index is 13.4. The molecule has 3 N–H and O–H groups in total. The van der Waals surface area contributed by atoms with Crippen LogP contribution in [0.3, 0.4) is 0 Å². The van der Waals surface area contributed by atoms with Gasteiger partial charge in [-0.3, -0.25) is 9.59 Å². The Bertz CT molecular complexity index is 1600. The second-order valence-electron chi connectivity index (χ2n) is 14.4. The van der Waals surface area contributed by atoms with E-state index in [-0.39, 0.29) is 41.1 Å². The Kier molecular flexibility index (Phi) is 11.6. The summed E-state index contributed by atoms with van der Waals surface area (Å²) in [4.78, 5) is 28.1. The van der Waals surface area contributed by atoms with Gasteiger partial charge in [-0.25, -0.2) is 13.1 Å². The molecule has 6 atom stereocenters. The summed E-state index contributed by atoms with van der Waals surface area (Å²) in [6, 6.07) is 11.2. The van der Waals surface area contributed by atoms with E-state index in [1.807, 2.05) is 19.1 Å². The van der Waals surface area contributed by atoms with Gasteiger partial charge in [0.05, 0.1) is 23.5 Å². The molecule has 3 heterocycles. The van der Waals surface area contributed by atoms with Crippen LogP contribution >= 0.6 is 24.0 Å². The van der Waals surface area contributed by atoms with Crippen LogP contribution < -0.4 is 19.7 Å². The molecule has 1 saturated carbocycles. The van der Waals surface area contributed by atoms with Gasteiger partial charge < -0.3 is 20.1 Å². The summed E-state index contributed by atoms with van der Waals surface area (Å²) in [5, 5.41) is 13.3. The summed E-state index contributed by atoms with van der Waals surface area (Å²) >= 11 is 6.38. The molecule has 7 rings (SSSR count). The van der Waals surface area contributed by atoms with Crippen molar-refractivity contribution in [2.45, 2.75) is 82.3 Å².